The van der Waals surface area contributed by atoms with Crippen LogP contribution in [0.1, 0.15) is 6.92 Å². The summed E-state index contributed by atoms with van der Waals surface area (Å²) in [4.78, 5) is 4.38. The number of benzene rings is 2. The Morgan fingerprint density at radius 3 is 2.67 bits per heavy atom. The fourth-order valence-electron chi connectivity index (χ4n) is 2.21. The smallest absolute Gasteiger partial charge is 0.120 e. The molecule has 4 nitrogen and oxygen atoms in total. The number of nitrogens with two attached hydrogens (primary N) is 1. The summed E-state index contributed by atoms with van der Waals surface area (Å²) in [6.07, 6.45) is 1.79. The van der Waals surface area contributed by atoms with E-state index in [1.807, 2.05) is 55.5 Å². The summed E-state index contributed by atoms with van der Waals surface area (Å²) in [6, 6.07) is 15.5. The highest BCUT2D eigenvalue weighted by Gasteiger charge is 2.04. The van der Waals surface area contributed by atoms with Gasteiger partial charge < -0.3 is 15.8 Å². The lowest BCUT2D eigenvalue weighted by Gasteiger charge is -2.11. The van der Waals surface area contributed by atoms with Gasteiger partial charge in [0.05, 0.1) is 12.1 Å². The van der Waals surface area contributed by atoms with Crippen LogP contribution in [-0.4, -0.2) is 11.6 Å². The zero-order valence-electron chi connectivity index (χ0n) is 11.8. The first kappa shape index (κ1) is 13.2. The fourth-order valence-corrected chi connectivity index (χ4v) is 2.21. The van der Waals surface area contributed by atoms with Crippen molar-refractivity contribution in [2.24, 2.45) is 0 Å². The van der Waals surface area contributed by atoms with Crippen molar-refractivity contribution in [3.05, 3.63) is 54.7 Å². The molecule has 1 aromatic heterocycles. The van der Waals surface area contributed by atoms with Crippen LogP contribution in [0.25, 0.3) is 10.9 Å². The van der Waals surface area contributed by atoms with Crippen molar-refractivity contribution in [2.75, 3.05) is 17.7 Å². The Bertz CT molecular complexity index is 754. The SMILES string of the molecule is CCOc1ccc2nccc(Nc3ccc(N)cc3)c2c1. The summed E-state index contributed by atoms with van der Waals surface area (Å²) in [5, 5.41) is 4.42. The Labute approximate surface area is 123 Å². The molecule has 0 saturated heterocycles. The summed E-state index contributed by atoms with van der Waals surface area (Å²) in [5.41, 5.74) is 9.36. The highest BCUT2D eigenvalue weighted by molar-refractivity contribution is 5.93. The number of nitrogen functional groups attached to an aromatic ring is 1. The van der Waals surface area contributed by atoms with Crippen LogP contribution in [-0.2, 0) is 0 Å². The molecule has 1 heterocycles. The number of rotatable bonds is 4. The Morgan fingerprint density at radius 2 is 1.90 bits per heavy atom. The van der Waals surface area contributed by atoms with Crippen molar-refractivity contribution in [3.63, 3.8) is 0 Å². The molecule has 3 N–H and O–H groups in total. The maximum atomic E-state index is 5.71. The molecule has 106 valence electrons. The van der Waals surface area contributed by atoms with Crippen molar-refractivity contribution in [3.8, 4) is 5.75 Å². The van der Waals surface area contributed by atoms with Gasteiger partial charge in [-0.25, -0.2) is 0 Å². The van der Waals surface area contributed by atoms with Crippen molar-refractivity contribution < 1.29 is 4.74 Å². The minimum Gasteiger partial charge on any atom is -0.494 e. The maximum Gasteiger partial charge on any atom is 0.120 e. The van der Waals surface area contributed by atoms with Crippen LogP contribution in [0.2, 0.25) is 0 Å². The van der Waals surface area contributed by atoms with Gasteiger partial charge >= 0.3 is 0 Å². The third-order valence-electron chi connectivity index (χ3n) is 3.21. The first-order valence-electron chi connectivity index (χ1n) is 6.90. The van der Waals surface area contributed by atoms with E-state index >= 15 is 0 Å². The van der Waals surface area contributed by atoms with Gasteiger partial charge in [0, 0.05) is 28.6 Å². The number of pyridine rings is 1. The zero-order valence-corrected chi connectivity index (χ0v) is 11.8. The van der Waals surface area contributed by atoms with E-state index in [0.717, 1.165) is 33.7 Å². The average Bonchev–Trinajstić information content (AvgIpc) is 2.50. The van der Waals surface area contributed by atoms with Crippen molar-refractivity contribution in [1.29, 1.82) is 0 Å². The van der Waals surface area contributed by atoms with E-state index < -0.39 is 0 Å². The summed E-state index contributed by atoms with van der Waals surface area (Å²) in [7, 11) is 0. The highest BCUT2D eigenvalue weighted by atomic mass is 16.5. The van der Waals surface area contributed by atoms with Gasteiger partial charge in [-0.3, -0.25) is 4.98 Å². The maximum absolute atomic E-state index is 5.71. The summed E-state index contributed by atoms with van der Waals surface area (Å²) >= 11 is 0. The number of anilines is 3. The Kier molecular flexibility index (Phi) is 3.60. The van der Waals surface area contributed by atoms with Gasteiger partial charge in [0.25, 0.3) is 0 Å². The molecule has 0 saturated carbocycles. The summed E-state index contributed by atoms with van der Waals surface area (Å²) < 4.78 is 5.56. The molecule has 0 fully saturated rings. The second kappa shape index (κ2) is 5.71. The van der Waals surface area contributed by atoms with Crippen LogP contribution >= 0.6 is 0 Å². The lowest BCUT2D eigenvalue weighted by Crippen LogP contribution is -1.95. The summed E-state index contributed by atoms with van der Waals surface area (Å²) in [5.74, 6) is 0.846. The number of fused-ring (bicyclic) bond motifs is 1. The number of aromatic nitrogens is 1. The highest BCUT2D eigenvalue weighted by Crippen LogP contribution is 2.28. The summed E-state index contributed by atoms with van der Waals surface area (Å²) in [6.45, 7) is 2.62. The van der Waals surface area contributed by atoms with E-state index in [-0.39, 0.29) is 0 Å². The molecule has 0 bridgehead atoms. The number of hydrogen-bond donors (Lipinski definition) is 2. The van der Waals surface area contributed by atoms with Crippen LogP contribution in [0.5, 0.6) is 5.75 Å². The van der Waals surface area contributed by atoms with Crippen LogP contribution in [0.4, 0.5) is 17.1 Å². The van der Waals surface area contributed by atoms with Gasteiger partial charge in [0.1, 0.15) is 5.75 Å². The molecule has 0 aliphatic carbocycles. The van der Waals surface area contributed by atoms with Gasteiger partial charge in [-0.1, -0.05) is 0 Å². The van der Waals surface area contributed by atoms with Gasteiger partial charge in [0.2, 0.25) is 0 Å². The molecule has 0 atom stereocenters. The predicted molar refractivity (Wildman–Crippen MR) is 87.0 cm³/mol. The molecule has 0 amide bonds. The van der Waals surface area contributed by atoms with Gasteiger partial charge in [0.15, 0.2) is 0 Å². The Morgan fingerprint density at radius 1 is 1.10 bits per heavy atom. The van der Waals surface area contributed by atoms with E-state index in [1.54, 1.807) is 6.20 Å². The molecule has 0 radical (unpaired) electrons. The molecule has 21 heavy (non-hydrogen) atoms. The first-order chi connectivity index (χ1) is 10.3. The standard InChI is InChI=1S/C17H17N3O/c1-2-21-14-7-8-16-15(11-14)17(9-10-19-16)20-13-5-3-12(18)4-6-13/h3-11H,2,18H2,1H3,(H,19,20). The second-order valence-corrected chi connectivity index (χ2v) is 4.72. The topological polar surface area (TPSA) is 60.2 Å². The molecule has 3 rings (SSSR count). The van der Waals surface area contributed by atoms with E-state index in [1.165, 1.54) is 0 Å². The molecule has 0 aliphatic rings. The molecule has 2 aromatic carbocycles. The monoisotopic (exact) mass is 279 g/mol. The van der Waals surface area contributed by atoms with Gasteiger partial charge in [-0.2, -0.15) is 0 Å². The number of ether oxygens (including phenoxy) is 1. The van der Waals surface area contributed by atoms with Crippen molar-refractivity contribution in [2.45, 2.75) is 6.92 Å². The van der Waals surface area contributed by atoms with Gasteiger partial charge in [-0.15, -0.1) is 0 Å². The van der Waals surface area contributed by atoms with Crippen LogP contribution in [0.3, 0.4) is 0 Å². The number of hydrogen-bond acceptors (Lipinski definition) is 4. The Hall–Kier alpha value is -2.75. The minimum atomic E-state index is 0.645. The third kappa shape index (κ3) is 2.89. The fraction of sp³-hybridized carbons (Fsp3) is 0.118. The minimum absolute atomic E-state index is 0.645. The van der Waals surface area contributed by atoms with E-state index in [9.17, 15) is 0 Å². The van der Waals surface area contributed by atoms with Crippen LogP contribution in [0, 0.1) is 0 Å². The van der Waals surface area contributed by atoms with Crippen molar-refractivity contribution in [1.82, 2.24) is 4.98 Å². The second-order valence-electron chi connectivity index (χ2n) is 4.72. The molecule has 4 heteroatoms. The third-order valence-corrected chi connectivity index (χ3v) is 3.21. The van der Waals surface area contributed by atoms with E-state index in [4.69, 9.17) is 10.5 Å². The molecular formula is C17H17N3O. The quantitative estimate of drug-likeness (QED) is 0.710. The Balaban J connectivity index is 2.00. The van der Waals surface area contributed by atoms with Gasteiger partial charge in [-0.05, 0) is 55.5 Å². The molecule has 0 spiro atoms. The largest absolute Gasteiger partial charge is 0.494 e. The normalized spacial score (nSPS) is 10.5. The molecule has 0 unspecified atom stereocenters. The number of nitrogens with zero attached hydrogens (tertiary/aromatic N) is 1. The van der Waals surface area contributed by atoms with Crippen LogP contribution in [0.15, 0.2) is 54.7 Å². The van der Waals surface area contributed by atoms with Crippen LogP contribution < -0.4 is 15.8 Å². The lowest BCUT2D eigenvalue weighted by atomic mass is 10.1. The average molecular weight is 279 g/mol. The molecule has 0 aliphatic heterocycles. The van der Waals surface area contributed by atoms with E-state index in [2.05, 4.69) is 10.3 Å². The molecule has 3 aromatic rings. The van der Waals surface area contributed by atoms with Crippen molar-refractivity contribution >= 4 is 28.0 Å². The zero-order chi connectivity index (χ0) is 14.7. The molecular weight excluding hydrogens is 262 g/mol. The van der Waals surface area contributed by atoms with E-state index in [0.29, 0.717) is 6.61 Å². The lowest BCUT2D eigenvalue weighted by molar-refractivity contribution is 0.340. The first-order valence-corrected chi connectivity index (χ1v) is 6.90. The predicted octanol–water partition coefficient (Wildman–Crippen LogP) is 3.96. The number of nitrogens with one attached hydrogen (secondary N) is 1.